The van der Waals surface area contributed by atoms with Gasteiger partial charge in [0.05, 0.1) is 0 Å². The summed E-state index contributed by atoms with van der Waals surface area (Å²) in [6.07, 6.45) is 5.99. The monoisotopic (exact) mass is 436 g/mol. The average Bonchev–Trinajstić information content (AvgIpc) is 3.39. The minimum Gasteiger partial charge on any atom is -0.344 e. The Balaban J connectivity index is 1.39. The molecule has 0 radical (unpaired) electrons. The van der Waals surface area contributed by atoms with Crippen LogP contribution in [0, 0.1) is 0 Å². The van der Waals surface area contributed by atoms with Crippen LogP contribution in [-0.2, 0) is 6.42 Å². The second-order valence-corrected chi connectivity index (χ2v) is 7.69. The molecule has 7 nitrogen and oxygen atoms in total. The van der Waals surface area contributed by atoms with Crippen molar-refractivity contribution in [1.29, 1.82) is 0 Å². The van der Waals surface area contributed by atoms with Crippen LogP contribution in [0.5, 0.6) is 0 Å². The predicted molar refractivity (Wildman–Crippen MR) is 108 cm³/mol. The van der Waals surface area contributed by atoms with E-state index in [9.17, 15) is 0 Å². The maximum Gasteiger partial charge on any atom is 0.249 e. The molecule has 8 heteroatoms. The highest BCUT2D eigenvalue weighted by molar-refractivity contribution is 9.10. The minimum absolute atomic E-state index is 0.0350. The fourth-order valence-corrected chi connectivity index (χ4v) is 3.83. The third-order valence-electron chi connectivity index (χ3n) is 4.91. The average molecular weight is 437 g/mol. The van der Waals surface area contributed by atoms with E-state index in [0.29, 0.717) is 23.8 Å². The van der Waals surface area contributed by atoms with E-state index in [-0.39, 0.29) is 6.04 Å². The smallest absolute Gasteiger partial charge is 0.249 e. The number of hydrogen-bond donors (Lipinski definition) is 0. The van der Waals surface area contributed by atoms with Crippen molar-refractivity contribution in [2.75, 3.05) is 11.4 Å². The van der Waals surface area contributed by atoms with Crippen LogP contribution in [0.2, 0.25) is 0 Å². The van der Waals surface area contributed by atoms with Crippen molar-refractivity contribution in [1.82, 2.24) is 25.1 Å². The maximum absolute atomic E-state index is 5.62. The highest BCUT2D eigenvalue weighted by atomic mass is 79.9. The summed E-state index contributed by atoms with van der Waals surface area (Å²) in [5, 5.41) is 4.19. The number of fused-ring (bicyclic) bond motifs is 1. The van der Waals surface area contributed by atoms with Crippen molar-refractivity contribution in [3.05, 3.63) is 70.5 Å². The van der Waals surface area contributed by atoms with E-state index < -0.39 is 0 Å². The van der Waals surface area contributed by atoms with Gasteiger partial charge in [-0.1, -0.05) is 33.2 Å². The van der Waals surface area contributed by atoms with Gasteiger partial charge in [-0.05, 0) is 42.7 Å². The molecule has 1 atom stereocenters. The van der Waals surface area contributed by atoms with Gasteiger partial charge in [0, 0.05) is 29.8 Å². The molecule has 4 heterocycles. The zero-order chi connectivity index (χ0) is 18.9. The topological polar surface area (TPSA) is 80.8 Å². The van der Waals surface area contributed by atoms with Crippen LogP contribution in [0.15, 0.2) is 57.8 Å². The fourth-order valence-electron chi connectivity index (χ4n) is 3.56. The fraction of sp³-hybridized carbons (Fsp3) is 0.250. The molecule has 1 aliphatic heterocycles. The van der Waals surface area contributed by atoms with Gasteiger partial charge in [0.1, 0.15) is 17.4 Å². The van der Waals surface area contributed by atoms with Crippen molar-refractivity contribution in [3.8, 4) is 0 Å². The summed E-state index contributed by atoms with van der Waals surface area (Å²) >= 11 is 3.45. The molecular weight excluding hydrogens is 420 g/mol. The summed E-state index contributed by atoms with van der Waals surface area (Å²) in [6, 6.07) is 12.1. The highest BCUT2D eigenvalue weighted by Crippen LogP contribution is 2.34. The van der Waals surface area contributed by atoms with Crippen molar-refractivity contribution >= 4 is 32.9 Å². The SMILES string of the molecule is Brc1ccc(Cc2noc(C3CCCN3c3ccc4nccnc4n3)n2)cc1. The molecule has 3 aromatic heterocycles. The van der Waals surface area contributed by atoms with Gasteiger partial charge in [-0.25, -0.2) is 9.97 Å². The molecule has 5 rings (SSSR count). The Morgan fingerprint density at radius 2 is 1.89 bits per heavy atom. The lowest BCUT2D eigenvalue weighted by atomic mass is 10.1. The molecule has 1 saturated heterocycles. The highest BCUT2D eigenvalue weighted by Gasteiger charge is 2.31. The predicted octanol–water partition coefficient (Wildman–Crippen LogP) is 4.10. The summed E-state index contributed by atoms with van der Waals surface area (Å²) in [7, 11) is 0. The number of hydrogen-bond acceptors (Lipinski definition) is 7. The normalized spacial score (nSPS) is 16.8. The van der Waals surface area contributed by atoms with Crippen molar-refractivity contribution in [2.45, 2.75) is 25.3 Å². The van der Waals surface area contributed by atoms with Gasteiger partial charge in [0.25, 0.3) is 0 Å². The molecule has 1 fully saturated rings. The summed E-state index contributed by atoms with van der Waals surface area (Å²) in [6.45, 7) is 0.897. The molecule has 0 amide bonds. The first kappa shape index (κ1) is 17.2. The minimum atomic E-state index is 0.0350. The summed E-state index contributed by atoms with van der Waals surface area (Å²) < 4.78 is 6.67. The summed E-state index contributed by atoms with van der Waals surface area (Å²) in [5.41, 5.74) is 2.58. The first-order valence-electron chi connectivity index (χ1n) is 9.17. The van der Waals surface area contributed by atoms with Gasteiger partial charge < -0.3 is 9.42 Å². The molecule has 1 aromatic carbocycles. The lowest BCUT2D eigenvalue weighted by Crippen LogP contribution is -2.23. The van der Waals surface area contributed by atoms with Crippen molar-refractivity contribution < 1.29 is 4.52 Å². The molecular formula is C20H17BrN6O. The number of nitrogens with zero attached hydrogens (tertiary/aromatic N) is 6. The third kappa shape index (κ3) is 3.35. The summed E-state index contributed by atoms with van der Waals surface area (Å²) in [4.78, 5) is 20.1. The molecule has 0 bridgehead atoms. The lowest BCUT2D eigenvalue weighted by Gasteiger charge is -2.22. The Labute approximate surface area is 170 Å². The van der Waals surface area contributed by atoms with E-state index in [0.717, 1.165) is 40.8 Å². The van der Waals surface area contributed by atoms with Gasteiger partial charge in [-0.15, -0.1) is 0 Å². The van der Waals surface area contributed by atoms with Crippen LogP contribution in [-0.4, -0.2) is 31.6 Å². The third-order valence-corrected chi connectivity index (χ3v) is 5.44. The molecule has 0 spiro atoms. The second-order valence-electron chi connectivity index (χ2n) is 6.77. The quantitative estimate of drug-likeness (QED) is 0.476. The standard InChI is InChI=1S/C20H17BrN6O/c21-14-5-3-13(4-6-14)12-17-24-20(28-26-17)16-2-1-11-27(16)18-8-7-15-19(25-18)23-10-9-22-15/h3-10,16H,1-2,11-12H2. The van der Waals surface area contributed by atoms with Crippen molar-refractivity contribution in [2.24, 2.45) is 0 Å². The number of anilines is 1. The molecule has 140 valence electrons. The van der Waals surface area contributed by atoms with E-state index in [2.05, 4.69) is 58.1 Å². The molecule has 1 unspecified atom stereocenters. The van der Waals surface area contributed by atoms with Gasteiger partial charge in [0.15, 0.2) is 11.5 Å². The Hall–Kier alpha value is -2.87. The zero-order valence-corrected chi connectivity index (χ0v) is 16.6. The van der Waals surface area contributed by atoms with Crippen LogP contribution < -0.4 is 4.90 Å². The van der Waals surface area contributed by atoms with E-state index in [1.165, 1.54) is 0 Å². The first-order chi connectivity index (χ1) is 13.8. The number of rotatable bonds is 4. The van der Waals surface area contributed by atoms with Crippen LogP contribution in [0.3, 0.4) is 0 Å². The van der Waals surface area contributed by atoms with Crippen LogP contribution >= 0.6 is 15.9 Å². The molecule has 4 aromatic rings. The Morgan fingerprint density at radius 1 is 1.04 bits per heavy atom. The van der Waals surface area contributed by atoms with E-state index in [1.54, 1.807) is 12.4 Å². The number of aromatic nitrogens is 5. The van der Waals surface area contributed by atoms with Crippen LogP contribution in [0.25, 0.3) is 11.2 Å². The number of pyridine rings is 1. The second kappa shape index (κ2) is 7.27. The van der Waals surface area contributed by atoms with E-state index >= 15 is 0 Å². The largest absolute Gasteiger partial charge is 0.344 e. The van der Waals surface area contributed by atoms with Gasteiger partial charge in [-0.2, -0.15) is 4.98 Å². The number of halogens is 1. The molecule has 1 aliphatic rings. The first-order valence-corrected chi connectivity index (χ1v) is 9.97. The molecule has 0 saturated carbocycles. The Bertz CT molecular complexity index is 1110. The van der Waals surface area contributed by atoms with E-state index in [1.807, 2.05) is 24.3 Å². The van der Waals surface area contributed by atoms with E-state index in [4.69, 9.17) is 4.52 Å². The molecule has 0 N–H and O–H groups in total. The van der Waals surface area contributed by atoms with Crippen molar-refractivity contribution in [3.63, 3.8) is 0 Å². The molecule has 0 aliphatic carbocycles. The maximum atomic E-state index is 5.62. The van der Waals surface area contributed by atoms with Crippen LogP contribution in [0.1, 0.15) is 36.2 Å². The van der Waals surface area contributed by atoms with Gasteiger partial charge in [-0.3, -0.25) is 4.98 Å². The Kier molecular flexibility index (Phi) is 4.48. The zero-order valence-electron chi connectivity index (χ0n) is 15.0. The van der Waals surface area contributed by atoms with Crippen LogP contribution in [0.4, 0.5) is 5.82 Å². The van der Waals surface area contributed by atoms with Gasteiger partial charge in [0.2, 0.25) is 5.89 Å². The lowest BCUT2D eigenvalue weighted by molar-refractivity contribution is 0.351. The number of benzene rings is 1. The molecule has 28 heavy (non-hydrogen) atoms. The summed E-state index contributed by atoms with van der Waals surface area (Å²) in [5.74, 6) is 2.20. The Morgan fingerprint density at radius 3 is 2.79 bits per heavy atom. The van der Waals surface area contributed by atoms with Gasteiger partial charge >= 0.3 is 0 Å².